The summed E-state index contributed by atoms with van der Waals surface area (Å²) in [6.45, 7) is 3.62. The zero-order valence-electron chi connectivity index (χ0n) is 12.4. The predicted octanol–water partition coefficient (Wildman–Crippen LogP) is 2.10. The summed E-state index contributed by atoms with van der Waals surface area (Å²) in [4.78, 5) is 14.2. The highest BCUT2D eigenvalue weighted by Crippen LogP contribution is 2.46. The fourth-order valence-electron chi connectivity index (χ4n) is 3.58. The molecule has 0 aromatic carbocycles. The van der Waals surface area contributed by atoms with E-state index in [4.69, 9.17) is 21.4 Å². The molecule has 2 aliphatic rings. The van der Waals surface area contributed by atoms with Gasteiger partial charge in [0.25, 0.3) is 0 Å². The van der Waals surface area contributed by atoms with Gasteiger partial charge in [0.2, 0.25) is 0 Å². The first kappa shape index (κ1) is 16.2. The molecule has 0 amide bonds. The molecule has 5 nitrogen and oxygen atoms in total. The van der Waals surface area contributed by atoms with Crippen molar-refractivity contribution in [3.63, 3.8) is 0 Å². The molecule has 2 N–H and O–H groups in total. The van der Waals surface area contributed by atoms with Crippen LogP contribution in [0.4, 0.5) is 0 Å². The highest BCUT2D eigenvalue weighted by Gasteiger charge is 2.44. The SMILES string of the molecule is C[C@H]1C[C@@]2(CCN1CC(O)C(=O)O)OCCc1sc(Cl)cc12. The molecule has 0 saturated carbocycles. The van der Waals surface area contributed by atoms with Gasteiger partial charge < -0.3 is 14.9 Å². The molecule has 0 radical (unpaired) electrons. The first-order valence-corrected chi connectivity index (χ1v) is 8.68. The second-order valence-corrected chi connectivity index (χ2v) is 7.90. The van der Waals surface area contributed by atoms with Crippen molar-refractivity contribution in [3.8, 4) is 0 Å². The van der Waals surface area contributed by atoms with Gasteiger partial charge in [-0.1, -0.05) is 11.6 Å². The van der Waals surface area contributed by atoms with Gasteiger partial charge in [-0.2, -0.15) is 0 Å². The number of aliphatic hydroxyl groups is 1. The Morgan fingerprint density at radius 3 is 3.14 bits per heavy atom. The number of nitrogens with zero attached hydrogens (tertiary/aromatic N) is 1. The van der Waals surface area contributed by atoms with E-state index < -0.39 is 12.1 Å². The molecule has 0 aliphatic carbocycles. The van der Waals surface area contributed by atoms with Crippen molar-refractivity contribution in [1.82, 2.24) is 4.90 Å². The summed E-state index contributed by atoms with van der Waals surface area (Å²) in [6.07, 6.45) is 1.16. The van der Waals surface area contributed by atoms with E-state index >= 15 is 0 Å². The Hall–Kier alpha value is -0.660. The summed E-state index contributed by atoms with van der Waals surface area (Å²) in [5.41, 5.74) is 0.903. The number of carboxylic acids is 1. The largest absolute Gasteiger partial charge is 0.479 e. The highest BCUT2D eigenvalue weighted by atomic mass is 35.5. The number of aliphatic hydroxyl groups excluding tert-OH is 1. The Balaban J connectivity index is 1.76. The first-order valence-electron chi connectivity index (χ1n) is 7.49. The second-order valence-electron chi connectivity index (χ2n) is 6.13. The van der Waals surface area contributed by atoms with Crippen molar-refractivity contribution in [1.29, 1.82) is 0 Å². The second kappa shape index (κ2) is 6.09. The first-order chi connectivity index (χ1) is 10.4. The maximum Gasteiger partial charge on any atom is 0.333 e. The molecule has 22 heavy (non-hydrogen) atoms. The number of aliphatic carboxylic acids is 1. The fraction of sp³-hybridized carbons (Fsp3) is 0.667. The van der Waals surface area contributed by atoms with Crippen LogP contribution >= 0.6 is 22.9 Å². The van der Waals surface area contributed by atoms with Crippen LogP contribution in [-0.4, -0.2) is 52.9 Å². The van der Waals surface area contributed by atoms with Crippen LogP contribution in [-0.2, 0) is 21.6 Å². The minimum absolute atomic E-state index is 0.146. The summed E-state index contributed by atoms with van der Waals surface area (Å²) < 4.78 is 6.96. The summed E-state index contributed by atoms with van der Waals surface area (Å²) in [7, 11) is 0. The Morgan fingerprint density at radius 1 is 1.68 bits per heavy atom. The number of carbonyl (C=O) groups is 1. The lowest BCUT2D eigenvalue weighted by Gasteiger charge is -2.47. The Kier molecular flexibility index (Phi) is 4.49. The summed E-state index contributed by atoms with van der Waals surface area (Å²) in [5.74, 6) is -1.17. The van der Waals surface area contributed by atoms with E-state index in [1.807, 2.05) is 11.0 Å². The molecular formula is C15H20ClNO4S. The normalized spacial score (nSPS) is 30.2. The molecule has 1 unspecified atom stereocenters. The number of likely N-dealkylation sites (tertiary alicyclic amines) is 1. The Morgan fingerprint density at radius 2 is 2.45 bits per heavy atom. The highest BCUT2D eigenvalue weighted by molar-refractivity contribution is 7.16. The average Bonchev–Trinajstić information content (AvgIpc) is 2.84. The van der Waals surface area contributed by atoms with Crippen LogP contribution in [0.2, 0.25) is 4.34 Å². The summed E-state index contributed by atoms with van der Waals surface area (Å²) >= 11 is 7.80. The number of hydrogen-bond acceptors (Lipinski definition) is 5. The monoisotopic (exact) mass is 345 g/mol. The molecule has 3 atom stereocenters. The standard InChI is InChI=1S/C15H20ClNO4S/c1-9-7-15(3-4-17(9)8-11(18)14(19)20)10-6-13(16)22-12(10)2-5-21-15/h6,9,11,18H,2-5,7-8H2,1H3,(H,19,20)/t9-,11?,15+/m0/s1. The van der Waals surface area contributed by atoms with E-state index in [0.29, 0.717) is 13.2 Å². The third-order valence-corrected chi connectivity index (χ3v) is 6.04. The summed E-state index contributed by atoms with van der Waals surface area (Å²) in [6, 6.07) is 2.17. The van der Waals surface area contributed by atoms with Crippen LogP contribution in [0.5, 0.6) is 0 Å². The van der Waals surface area contributed by atoms with Crippen molar-refractivity contribution in [2.24, 2.45) is 0 Å². The Labute approximate surface area is 138 Å². The van der Waals surface area contributed by atoms with Crippen LogP contribution in [0.1, 0.15) is 30.2 Å². The van der Waals surface area contributed by atoms with Crippen LogP contribution in [0, 0.1) is 0 Å². The van der Waals surface area contributed by atoms with E-state index in [9.17, 15) is 9.90 Å². The van der Waals surface area contributed by atoms with E-state index in [1.165, 1.54) is 10.4 Å². The zero-order chi connectivity index (χ0) is 15.9. The Bertz CT molecular complexity index is 578. The number of thiophene rings is 1. The van der Waals surface area contributed by atoms with E-state index in [1.54, 1.807) is 11.3 Å². The minimum Gasteiger partial charge on any atom is -0.479 e. The molecule has 1 fully saturated rings. The maximum absolute atomic E-state index is 10.8. The smallest absolute Gasteiger partial charge is 0.333 e. The zero-order valence-corrected chi connectivity index (χ0v) is 14.0. The van der Waals surface area contributed by atoms with Crippen molar-refractivity contribution < 1.29 is 19.7 Å². The average molecular weight is 346 g/mol. The molecular weight excluding hydrogens is 326 g/mol. The number of β-amino-alcohol motifs (C(OH)–C–C–N with tert-alkyl or cyclic N) is 1. The number of rotatable bonds is 3. The van der Waals surface area contributed by atoms with Gasteiger partial charge in [-0.3, -0.25) is 4.90 Å². The van der Waals surface area contributed by atoms with Crippen molar-refractivity contribution in [2.75, 3.05) is 19.7 Å². The third-order valence-electron chi connectivity index (χ3n) is 4.72. The van der Waals surface area contributed by atoms with Crippen molar-refractivity contribution in [2.45, 2.75) is 43.9 Å². The quantitative estimate of drug-likeness (QED) is 0.878. The maximum atomic E-state index is 10.8. The van der Waals surface area contributed by atoms with Gasteiger partial charge in [0, 0.05) is 30.4 Å². The fourth-order valence-corrected chi connectivity index (χ4v) is 4.93. The minimum atomic E-state index is -1.34. The molecule has 2 aliphatic heterocycles. The number of ether oxygens (including phenoxy) is 1. The third kappa shape index (κ3) is 2.90. The summed E-state index contributed by atoms with van der Waals surface area (Å²) in [5, 5.41) is 18.4. The number of carboxylic acid groups (broad SMARTS) is 1. The van der Waals surface area contributed by atoms with Crippen molar-refractivity contribution in [3.05, 3.63) is 20.8 Å². The van der Waals surface area contributed by atoms with Gasteiger partial charge in [0.15, 0.2) is 6.10 Å². The molecule has 1 aromatic rings. The molecule has 3 rings (SSSR count). The molecule has 1 spiro atoms. The predicted molar refractivity (Wildman–Crippen MR) is 84.6 cm³/mol. The molecule has 0 bridgehead atoms. The topological polar surface area (TPSA) is 70.0 Å². The van der Waals surface area contributed by atoms with E-state index in [-0.39, 0.29) is 18.2 Å². The van der Waals surface area contributed by atoms with Crippen LogP contribution < -0.4 is 0 Å². The molecule has 1 saturated heterocycles. The van der Waals surface area contributed by atoms with Gasteiger partial charge in [-0.15, -0.1) is 11.3 Å². The number of fused-ring (bicyclic) bond motifs is 2. The molecule has 7 heteroatoms. The lowest BCUT2D eigenvalue weighted by atomic mass is 9.79. The van der Waals surface area contributed by atoms with Gasteiger partial charge in [0.1, 0.15) is 0 Å². The number of halogens is 1. The molecule has 122 valence electrons. The lowest BCUT2D eigenvalue weighted by Crippen LogP contribution is -2.52. The van der Waals surface area contributed by atoms with Crippen LogP contribution in [0.15, 0.2) is 6.07 Å². The number of hydrogen-bond donors (Lipinski definition) is 2. The van der Waals surface area contributed by atoms with Gasteiger partial charge >= 0.3 is 5.97 Å². The van der Waals surface area contributed by atoms with Gasteiger partial charge in [0.05, 0.1) is 16.5 Å². The lowest BCUT2D eigenvalue weighted by molar-refractivity contribution is -0.150. The number of piperidine rings is 1. The van der Waals surface area contributed by atoms with E-state index in [0.717, 1.165) is 23.6 Å². The van der Waals surface area contributed by atoms with Crippen LogP contribution in [0.25, 0.3) is 0 Å². The van der Waals surface area contributed by atoms with Gasteiger partial charge in [-0.05, 0) is 31.4 Å². The van der Waals surface area contributed by atoms with Crippen molar-refractivity contribution >= 4 is 28.9 Å². The van der Waals surface area contributed by atoms with Gasteiger partial charge in [-0.25, -0.2) is 4.79 Å². The van der Waals surface area contributed by atoms with Crippen LogP contribution in [0.3, 0.4) is 0 Å². The van der Waals surface area contributed by atoms with E-state index in [2.05, 4.69) is 6.92 Å². The molecule has 1 aromatic heterocycles. The molecule has 3 heterocycles.